The average molecular weight is 1710 g/mol. The van der Waals surface area contributed by atoms with Gasteiger partial charge in [-0.2, -0.15) is 5.26 Å². The predicted octanol–water partition coefficient (Wildman–Crippen LogP) is 16.0. The van der Waals surface area contributed by atoms with Crippen LogP contribution in [0, 0.1) is 11.3 Å². The van der Waals surface area contributed by atoms with Gasteiger partial charge in [-0.05, 0) is 121 Å². The molecule has 23 nitrogen and oxygen atoms in total. The fraction of sp³-hybridized carbons (Fsp3) is 0.275. The van der Waals surface area contributed by atoms with E-state index in [2.05, 4.69) is 0 Å². The van der Waals surface area contributed by atoms with Crippen molar-refractivity contribution in [2.75, 3.05) is 59.0 Å². The summed E-state index contributed by atoms with van der Waals surface area (Å²) < 4.78 is 56.0. The van der Waals surface area contributed by atoms with E-state index in [-0.39, 0.29) is 100 Å². The van der Waals surface area contributed by atoms with Gasteiger partial charge in [0, 0.05) is 124 Å². The number of halogens is 4. The molecule has 1 N–H and O–H groups in total. The van der Waals surface area contributed by atoms with Gasteiger partial charge >= 0.3 is 29.8 Å². The minimum absolute atomic E-state index is 0.00764. The number of methoxy groups -OCH3 is 2. The highest BCUT2D eigenvalue weighted by molar-refractivity contribution is 7.90. The van der Waals surface area contributed by atoms with Crippen LogP contribution in [0.5, 0.6) is 5.75 Å². The second kappa shape index (κ2) is 43.7. The highest BCUT2D eigenvalue weighted by Crippen LogP contribution is 2.43. The van der Waals surface area contributed by atoms with E-state index in [1.54, 1.807) is 132 Å². The zero-order valence-corrected chi connectivity index (χ0v) is 70.3. The molecular formula is C91H89Cl4N5O18S. The molecule has 4 atom stereocenters. The van der Waals surface area contributed by atoms with E-state index >= 15 is 0 Å². The number of rotatable bonds is 26. The average Bonchev–Trinajstić information content (AvgIpc) is 0.798. The van der Waals surface area contributed by atoms with E-state index in [0.29, 0.717) is 78.5 Å². The summed E-state index contributed by atoms with van der Waals surface area (Å²) in [5, 5.41) is 20.4. The largest absolute Gasteiger partial charge is 0.496 e. The number of carbonyl (C=O) groups is 9. The summed E-state index contributed by atoms with van der Waals surface area (Å²) in [6.07, 6.45) is 1.39. The standard InChI is InChI=1S/C24H26ClNO5.C23H24ClNO5S.C22H19ClN2O3.C22H20ClNO5/c1-16-23(24(28)31-15-18-6-4-5-7-21(18)30-3)20(17-8-10-19(25)11-9-17)14-22(27)26(16)12-13-29-2;1-16-22(23(27)30-15-17-6-4-3-5-7-17)20(18-8-10-19(24)11-9-18)14-21(26)25(16)12-13-31(2,28)29;1-15-21(22(27)28-14-16-5-3-2-4-6-16)19(13-20(26)25(15)12-11-24)17-7-9-18(23)10-8-17;1-14-21(22(28)29-13-15-5-3-2-4-6-15)18(16-7-9-17(23)10-8-16)11-19(25)24(14)12-20(26)27/h4-11,20H,12-15H2,1-3H3;3-11,20H,12-15H2,1-2H3;2-10,19H,12-14H2,1H3;2-10,18H,11-13H2,1H3,(H,26,27). The smallest absolute Gasteiger partial charge is 0.336 e. The quantitative estimate of drug-likeness (QED) is 0.0299. The number of hydrogen-bond acceptors (Lipinski definition) is 18. The van der Waals surface area contributed by atoms with Crippen LogP contribution in [-0.2, 0) is 103 Å². The number of nitrogens with zero attached hydrogens (tertiary/aromatic N) is 5. The Kier molecular flexibility index (Phi) is 33.5. The summed E-state index contributed by atoms with van der Waals surface area (Å²) in [6.45, 7) is 7.19. The van der Waals surface area contributed by atoms with Gasteiger partial charge in [-0.3, -0.25) is 24.0 Å². The zero-order chi connectivity index (χ0) is 86.0. The summed E-state index contributed by atoms with van der Waals surface area (Å²) in [5.41, 5.74) is 9.71. The van der Waals surface area contributed by atoms with Gasteiger partial charge in [-0.25, -0.2) is 27.6 Å². The maximum absolute atomic E-state index is 13.2. The van der Waals surface area contributed by atoms with Gasteiger partial charge in [0.2, 0.25) is 23.6 Å². The van der Waals surface area contributed by atoms with E-state index < -0.39 is 69.9 Å². The minimum Gasteiger partial charge on any atom is -0.496 e. The first-order chi connectivity index (χ1) is 57.0. The number of esters is 4. The van der Waals surface area contributed by atoms with Crippen molar-refractivity contribution in [2.24, 2.45) is 0 Å². The molecule has 8 aromatic rings. The third-order valence-corrected chi connectivity index (χ3v) is 22.1. The first kappa shape index (κ1) is 91.2. The number of allylic oxidation sites excluding steroid dienone is 4. The van der Waals surface area contributed by atoms with Crippen LogP contribution >= 0.6 is 46.4 Å². The molecule has 0 bridgehead atoms. The topological polar surface area (TPSA) is 300 Å². The summed E-state index contributed by atoms with van der Waals surface area (Å²) in [5.74, 6) is -5.47. The number of aliphatic carboxylic acids is 1. The molecule has 620 valence electrons. The van der Waals surface area contributed by atoms with Gasteiger partial charge in [0.05, 0.1) is 47.8 Å². The summed E-state index contributed by atoms with van der Waals surface area (Å²) in [4.78, 5) is 120. The van der Waals surface area contributed by atoms with Gasteiger partial charge in [0.15, 0.2) is 0 Å². The number of hydrogen-bond donors (Lipinski definition) is 1. The van der Waals surface area contributed by atoms with Crippen LogP contribution in [0.2, 0.25) is 20.1 Å². The molecule has 0 spiro atoms. The van der Waals surface area contributed by atoms with Crippen molar-refractivity contribution < 1.29 is 85.1 Å². The highest BCUT2D eigenvalue weighted by Gasteiger charge is 2.42. The molecule has 4 aliphatic heterocycles. The molecular weight excluding hydrogens is 1620 g/mol. The van der Waals surface area contributed by atoms with E-state index in [1.165, 1.54) is 9.80 Å². The van der Waals surface area contributed by atoms with Crippen molar-refractivity contribution in [3.8, 4) is 11.8 Å². The first-order valence-electron chi connectivity index (χ1n) is 37.7. The number of nitriles is 1. The molecule has 0 radical (unpaired) electrons. The maximum atomic E-state index is 13.2. The van der Waals surface area contributed by atoms with Crippen LogP contribution in [0.3, 0.4) is 0 Å². The van der Waals surface area contributed by atoms with Crippen molar-refractivity contribution >= 4 is 110 Å². The molecule has 12 rings (SSSR count). The second-order valence-corrected chi connectivity index (χ2v) is 32.0. The van der Waals surface area contributed by atoms with E-state index in [0.717, 1.165) is 55.7 Å². The normalized spacial score (nSPS) is 16.7. The monoisotopic (exact) mass is 1710 g/mol. The number of benzene rings is 8. The number of ether oxygens (including phenoxy) is 6. The molecule has 4 unspecified atom stereocenters. The van der Waals surface area contributed by atoms with Crippen LogP contribution in [0.25, 0.3) is 0 Å². The third kappa shape index (κ3) is 25.2. The summed E-state index contributed by atoms with van der Waals surface area (Å²) >= 11 is 24.0. The molecule has 8 aromatic carbocycles. The Balaban J connectivity index is 0.000000181. The Bertz CT molecular complexity index is 5280. The van der Waals surface area contributed by atoms with Crippen molar-refractivity contribution in [1.29, 1.82) is 5.26 Å². The van der Waals surface area contributed by atoms with Crippen molar-refractivity contribution in [1.82, 2.24) is 19.6 Å². The van der Waals surface area contributed by atoms with Gasteiger partial charge in [-0.15, -0.1) is 0 Å². The molecule has 0 aliphatic carbocycles. The van der Waals surface area contributed by atoms with Crippen LogP contribution in [-0.4, -0.2) is 146 Å². The van der Waals surface area contributed by atoms with E-state index in [4.69, 9.17) is 85.2 Å². The number of carboxylic acid groups (broad SMARTS) is 1. The van der Waals surface area contributed by atoms with Crippen molar-refractivity contribution in [3.63, 3.8) is 0 Å². The number of para-hydroxylation sites is 1. The Labute approximate surface area is 711 Å². The van der Waals surface area contributed by atoms with Crippen LogP contribution in [0.1, 0.15) is 122 Å². The lowest BCUT2D eigenvalue weighted by molar-refractivity contribution is -0.145. The van der Waals surface area contributed by atoms with Gasteiger partial charge in [-0.1, -0.05) is 204 Å². The summed E-state index contributed by atoms with van der Waals surface area (Å²) in [7, 11) is -0.123. The van der Waals surface area contributed by atoms with Crippen LogP contribution < -0.4 is 4.74 Å². The number of carboxylic acids is 1. The molecule has 4 aliphatic rings. The molecule has 0 saturated carbocycles. The van der Waals surface area contributed by atoms with Crippen molar-refractivity contribution in [3.05, 3.63) is 322 Å². The number of sulfone groups is 1. The van der Waals surface area contributed by atoms with E-state index in [1.807, 2.05) is 133 Å². The molecule has 0 fully saturated rings. The zero-order valence-electron chi connectivity index (χ0n) is 66.5. The van der Waals surface area contributed by atoms with E-state index in [9.17, 15) is 51.6 Å². The Hall–Kier alpha value is -11.7. The molecule has 28 heteroatoms. The molecule has 119 heavy (non-hydrogen) atoms. The Morgan fingerprint density at radius 2 is 0.714 bits per heavy atom. The fourth-order valence-corrected chi connectivity index (χ4v) is 15.1. The molecule has 0 saturated heterocycles. The predicted molar refractivity (Wildman–Crippen MR) is 449 cm³/mol. The number of amides is 4. The molecule has 4 amide bonds. The lowest BCUT2D eigenvalue weighted by Gasteiger charge is -2.34. The minimum atomic E-state index is -3.27. The third-order valence-electron chi connectivity index (χ3n) is 20.2. The lowest BCUT2D eigenvalue weighted by atomic mass is 9.83. The Morgan fingerprint density at radius 1 is 0.420 bits per heavy atom. The fourth-order valence-electron chi connectivity index (χ4n) is 14.1. The van der Waals surface area contributed by atoms with Crippen LogP contribution in [0.15, 0.2) is 257 Å². The van der Waals surface area contributed by atoms with Crippen molar-refractivity contribution in [2.45, 2.75) is 103 Å². The molecule has 4 heterocycles. The first-order valence-corrected chi connectivity index (χ1v) is 41.3. The van der Waals surface area contributed by atoms with Gasteiger partial charge < -0.3 is 53.1 Å². The highest BCUT2D eigenvalue weighted by atomic mass is 35.5. The van der Waals surface area contributed by atoms with Gasteiger partial charge in [0.25, 0.3) is 0 Å². The summed E-state index contributed by atoms with van der Waals surface area (Å²) in [6, 6.07) is 65.4. The SMILES string of the molecule is CC1=C(C(=O)OCc2ccccc2)C(c2ccc(Cl)cc2)CC(=O)N1CC#N.CC1=C(C(=O)OCc2ccccc2)C(c2ccc(Cl)cc2)CC(=O)N1CC(=O)O.CC1=C(C(=O)OCc2ccccc2)C(c2ccc(Cl)cc2)CC(=O)N1CCS(C)(=O)=O.COCCN1C(=O)CC(c2ccc(Cl)cc2)C(C(=O)OCc2ccccc2OC)=C1C. The maximum Gasteiger partial charge on any atom is 0.336 e. The second-order valence-electron chi connectivity index (χ2n) is 28.0. The molecule has 0 aromatic heterocycles. The number of carbonyl (C=O) groups excluding carboxylic acids is 8. The van der Waals surface area contributed by atoms with Crippen LogP contribution in [0.4, 0.5) is 0 Å². The lowest BCUT2D eigenvalue weighted by Crippen LogP contribution is -2.41. The van der Waals surface area contributed by atoms with Gasteiger partial charge in [0.1, 0.15) is 55.1 Å². The Morgan fingerprint density at radius 3 is 1.03 bits per heavy atom.